The quantitative estimate of drug-likeness (QED) is 0.730. The first-order valence-electron chi connectivity index (χ1n) is 7.00. The summed E-state index contributed by atoms with van der Waals surface area (Å²) in [5.41, 5.74) is 2.66. The van der Waals surface area contributed by atoms with Gasteiger partial charge in [0.15, 0.2) is 5.78 Å². The molecule has 1 aliphatic rings. The molecule has 1 saturated carbocycles. The molecule has 2 aromatic rings. The molecule has 1 fully saturated rings. The summed E-state index contributed by atoms with van der Waals surface area (Å²) in [5.74, 6) is 0.932. The first-order chi connectivity index (χ1) is 10.7. The SMILES string of the molecule is COCc1c(OC)ccc(C(=O)c2conc2C2CC2)c1Br. The second-order valence-corrected chi connectivity index (χ2v) is 6.05. The summed E-state index contributed by atoms with van der Waals surface area (Å²) in [6.07, 6.45) is 3.56. The molecule has 0 bridgehead atoms. The lowest BCUT2D eigenvalue weighted by molar-refractivity contribution is 0.103. The number of aromatic nitrogens is 1. The molecule has 1 aromatic heterocycles. The number of hydrogen-bond acceptors (Lipinski definition) is 5. The number of carbonyl (C=O) groups excluding carboxylic acids is 1. The zero-order valence-corrected chi connectivity index (χ0v) is 14.0. The molecule has 0 unspecified atom stereocenters. The van der Waals surface area contributed by atoms with Crippen molar-refractivity contribution in [2.45, 2.75) is 25.4 Å². The Hall–Kier alpha value is -1.66. The van der Waals surface area contributed by atoms with Crippen molar-refractivity contribution >= 4 is 21.7 Å². The standard InChI is InChI=1S/C16H16BrNO4/c1-20-7-11-13(21-2)6-5-10(14(11)17)16(19)12-8-22-18-15(12)9-3-4-9/h5-6,8-9H,3-4,7H2,1-2H3. The van der Waals surface area contributed by atoms with Crippen LogP contribution in [0.4, 0.5) is 0 Å². The highest BCUT2D eigenvalue weighted by atomic mass is 79.9. The molecule has 1 aromatic carbocycles. The highest BCUT2D eigenvalue weighted by molar-refractivity contribution is 9.10. The van der Waals surface area contributed by atoms with E-state index in [4.69, 9.17) is 14.0 Å². The van der Waals surface area contributed by atoms with E-state index in [-0.39, 0.29) is 5.78 Å². The largest absolute Gasteiger partial charge is 0.496 e. The van der Waals surface area contributed by atoms with E-state index in [1.54, 1.807) is 26.4 Å². The summed E-state index contributed by atoms with van der Waals surface area (Å²) >= 11 is 3.51. The average molecular weight is 366 g/mol. The molecule has 0 atom stereocenters. The van der Waals surface area contributed by atoms with Crippen molar-refractivity contribution in [3.05, 3.63) is 45.3 Å². The topological polar surface area (TPSA) is 61.6 Å². The summed E-state index contributed by atoms with van der Waals surface area (Å²) in [6, 6.07) is 3.52. The molecule has 0 saturated heterocycles. The van der Waals surface area contributed by atoms with Gasteiger partial charge in [0.2, 0.25) is 0 Å². The van der Waals surface area contributed by atoms with Crippen LogP contribution in [0, 0.1) is 0 Å². The van der Waals surface area contributed by atoms with E-state index < -0.39 is 0 Å². The Morgan fingerprint density at radius 2 is 2.14 bits per heavy atom. The van der Waals surface area contributed by atoms with Gasteiger partial charge in [-0.3, -0.25) is 4.79 Å². The third kappa shape index (κ3) is 2.68. The minimum Gasteiger partial charge on any atom is -0.496 e. The minimum atomic E-state index is -0.102. The molecule has 0 radical (unpaired) electrons. The van der Waals surface area contributed by atoms with Crippen LogP contribution in [0.15, 0.2) is 27.4 Å². The van der Waals surface area contributed by atoms with Crippen LogP contribution in [0.3, 0.4) is 0 Å². The van der Waals surface area contributed by atoms with Crippen LogP contribution in [-0.2, 0) is 11.3 Å². The lowest BCUT2D eigenvalue weighted by Crippen LogP contribution is -2.07. The van der Waals surface area contributed by atoms with Crippen molar-refractivity contribution in [2.75, 3.05) is 14.2 Å². The Labute approximate surface area is 136 Å². The van der Waals surface area contributed by atoms with Crippen LogP contribution in [0.2, 0.25) is 0 Å². The molecule has 22 heavy (non-hydrogen) atoms. The van der Waals surface area contributed by atoms with Crippen molar-refractivity contribution in [1.29, 1.82) is 0 Å². The first-order valence-corrected chi connectivity index (χ1v) is 7.80. The number of rotatable bonds is 6. The Morgan fingerprint density at radius 1 is 1.36 bits per heavy atom. The normalized spacial score (nSPS) is 14.1. The van der Waals surface area contributed by atoms with Gasteiger partial charge in [-0.25, -0.2) is 0 Å². The summed E-state index contributed by atoms with van der Waals surface area (Å²) in [7, 11) is 3.19. The number of carbonyl (C=O) groups is 1. The van der Waals surface area contributed by atoms with Crippen molar-refractivity contribution in [3.63, 3.8) is 0 Å². The molecule has 1 heterocycles. The summed E-state index contributed by atoms with van der Waals surface area (Å²) in [4.78, 5) is 12.8. The van der Waals surface area contributed by atoms with Crippen LogP contribution in [0.5, 0.6) is 5.75 Å². The number of nitrogens with zero attached hydrogens (tertiary/aromatic N) is 1. The van der Waals surface area contributed by atoms with Gasteiger partial charge in [0.1, 0.15) is 12.0 Å². The van der Waals surface area contributed by atoms with E-state index in [9.17, 15) is 4.79 Å². The Bertz CT molecular complexity index is 706. The molecule has 6 heteroatoms. The maximum Gasteiger partial charge on any atom is 0.199 e. The third-order valence-electron chi connectivity index (χ3n) is 3.76. The molecule has 0 N–H and O–H groups in total. The van der Waals surface area contributed by atoms with Crippen molar-refractivity contribution in [1.82, 2.24) is 5.16 Å². The Kier molecular flexibility index (Phi) is 4.31. The number of halogens is 1. The monoisotopic (exact) mass is 365 g/mol. The van der Waals surface area contributed by atoms with Crippen LogP contribution >= 0.6 is 15.9 Å². The average Bonchev–Trinajstić information content (AvgIpc) is 3.25. The fourth-order valence-corrected chi connectivity index (χ4v) is 3.08. The lowest BCUT2D eigenvalue weighted by atomic mass is 10.00. The van der Waals surface area contributed by atoms with E-state index >= 15 is 0 Å². The van der Waals surface area contributed by atoms with Crippen LogP contribution in [0.1, 0.15) is 45.9 Å². The number of benzene rings is 1. The maximum absolute atomic E-state index is 12.8. The van der Waals surface area contributed by atoms with E-state index in [0.29, 0.717) is 33.9 Å². The predicted octanol–water partition coefficient (Wildman–Crippen LogP) is 3.70. The molecule has 0 spiro atoms. The zero-order valence-electron chi connectivity index (χ0n) is 12.4. The van der Waals surface area contributed by atoms with Crippen LogP contribution < -0.4 is 4.74 Å². The fourth-order valence-electron chi connectivity index (χ4n) is 2.46. The van der Waals surface area contributed by atoms with Gasteiger partial charge in [-0.15, -0.1) is 0 Å². The van der Waals surface area contributed by atoms with E-state index in [2.05, 4.69) is 21.1 Å². The summed E-state index contributed by atoms with van der Waals surface area (Å²) < 4.78 is 16.2. The smallest absolute Gasteiger partial charge is 0.199 e. The highest BCUT2D eigenvalue weighted by Crippen LogP contribution is 2.42. The highest BCUT2D eigenvalue weighted by Gasteiger charge is 2.32. The third-order valence-corrected chi connectivity index (χ3v) is 4.67. The molecular formula is C16H16BrNO4. The van der Waals surface area contributed by atoms with Crippen LogP contribution in [0.25, 0.3) is 0 Å². The second-order valence-electron chi connectivity index (χ2n) is 5.26. The number of ketones is 1. The molecule has 116 valence electrons. The maximum atomic E-state index is 12.8. The van der Waals surface area contributed by atoms with Gasteiger partial charge in [0, 0.05) is 28.6 Å². The number of hydrogen-bond donors (Lipinski definition) is 0. The Balaban J connectivity index is 2.02. The van der Waals surface area contributed by atoms with Crippen molar-refractivity contribution < 1.29 is 18.8 Å². The van der Waals surface area contributed by atoms with Gasteiger partial charge >= 0.3 is 0 Å². The molecule has 5 nitrogen and oxygen atoms in total. The molecule has 1 aliphatic carbocycles. The lowest BCUT2D eigenvalue weighted by Gasteiger charge is -2.13. The Morgan fingerprint density at radius 3 is 2.77 bits per heavy atom. The summed E-state index contributed by atoms with van der Waals surface area (Å²) in [5, 5.41) is 3.99. The van der Waals surface area contributed by atoms with Gasteiger partial charge in [-0.2, -0.15) is 0 Å². The predicted molar refractivity (Wildman–Crippen MR) is 83.3 cm³/mol. The van der Waals surface area contributed by atoms with Gasteiger partial charge in [0.25, 0.3) is 0 Å². The minimum absolute atomic E-state index is 0.102. The number of ether oxygens (including phenoxy) is 2. The zero-order chi connectivity index (χ0) is 15.7. The van der Waals surface area contributed by atoms with E-state index in [0.717, 1.165) is 24.1 Å². The van der Waals surface area contributed by atoms with Crippen LogP contribution in [-0.4, -0.2) is 25.2 Å². The molecule has 3 rings (SSSR count). The van der Waals surface area contributed by atoms with E-state index in [1.807, 2.05) is 0 Å². The molecule has 0 aliphatic heterocycles. The van der Waals surface area contributed by atoms with Gasteiger partial charge < -0.3 is 14.0 Å². The van der Waals surface area contributed by atoms with Gasteiger partial charge in [-0.05, 0) is 40.9 Å². The van der Waals surface area contributed by atoms with Crippen molar-refractivity contribution in [2.24, 2.45) is 0 Å². The summed E-state index contributed by atoms with van der Waals surface area (Å²) in [6.45, 7) is 0.351. The number of methoxy groups -OCH3 is 2. The molecule has 0 amide bonds. The second kappa shape index (κ2) is 6.22. The first kappa shape index (κ1) is 15.2. The van der Waals surface area contributed by atoms with Gasteiger partial charge in [0.05, 0.1) is 25.0 Å². The van der Waals surface area contributed by atoms with E-state index in [1.165, 1.54) is 6.26 Å². The van der Waals surface area contributed by atoms with Crippen molar-refractivity contribution in [3.8, 4) is 5.75 Å². The fraction of sp³-hybridized carbons (Fsp3) is 0.375. The molecular weight excluding hydrogens is 350 g/mol. The van der Waals surface area contributed by atoms with Gasteiger partial charge in [-0.1, -0.05) is 5.16 Å².